The van der Waals surface area contributed by atoms with Crippen molar-refractivity contribution in [1.82, 2.24) is 14.5 Å². The van der Waals surface area contributed by atoms with Crippen LogP contribution in [0.3, 0.4) is 0 Å². The van der Waals surface area contributed by atoms with Crippen molar-refractivity contribution >= 4 is 40.2 Å². The van der Waals surface area contributed by atoms with Gasteiger partial charge < -0.3 is 4.57 Å². The Hall–Kier alpha value is -3.41. The van der Waals surface area contributed by atoms with Crippen LogP contribution in [-0.2, 0) is 0 Å². The van der Waals surface area contributed by atoms with Gasteiger partial charge in [-0.25, -0.2) is 9.97 Å². The molecule has 5 aromatic rings. The number of hydrogen-bond donors (Lipinski definition) is 0. The van der Waals surface area contributed by atoms with Gasteiger partial charge in [-0.15, -0.1) is 0 Å². The first kappa shape index (κ1) is 21.4. The van der Waals surface area contributed by atoms with Gasteiger partial charge in [0.15, 0.2) is 5.78 Å². The molecule has 0 aliphatic rings. The van der Waals surface area contributed by atoms with Gasteiger partial charge in [-0.3, -0.25) is 4.79 Å². The molecule has 0 amide bonds. The number of carbonyl (C=O) groups excluding carboxylic acids is 1. The third-order valence-electron chi connectivity index (χ3n) is 5.50. The minimum Gasteiger partial charge on any atom is -0.301 e. The molecule has 0 aliphatic heterocycles. The molecular formula is C27H20ClN3OS. The molecule has 0 bridgehead atoms. The van der Waals surface area contributed by atoms with Crippen molar-refractivity contribution in [2.24, 2.45) is 0 Å². The molecule has 0 fully saturated rings. The van der Waals surface area contributed by atoms with Crippen LogP contribution in [-0.4, -0.2) is 26.1 Å². The zero-order valence-electron chi connectivity index (χ0n) is 17.9. The molecule has 2 heterocycles. The van der Waals surface area contributed by atoms with E-state index in [0.717, 1.165) is 38.4 Å². The molecular weight excluding hydrogens is 450 g/mol. The summed E-state index contributed by atoms with van der Waals surface area (Å²) in [6.45, 7) is 1.98. The Morgan fingerprint density at radius 3 is 2.42 bits per heavy atom. The molecule has 0 saturated heterocycles. The fraction of sp³-hybridized carbons (Fsp3) is 0.0741. The summed E-state index contributed by atoms with van der Waals surface area (Å²) in [5.74, 6) is 0.365. The lowest BCUT2D eigenvalue weighted by Crippen LogP contribution is -2.02. The maximum atomic E-state index is 12.7. The summed E-state index contributed by atoms with van der Waals surface area (Å²) in [5, 5.41) is 2.40. The van der Waals surface area contributed by atoms with Gasteiger partial charge in [0.1, 0.15) is 17.0 Å². The first-order valence-corrected chi connectivity index (χ1v) is 11.9. The highest BCUT2D eigenvalue weighted by atomic mass is 35.5. The number of aromatic nitrogens is 3. The van der Waals surface area contributed by atoms with E-state index in [4.69, 9.17) is 11.6 Å². The molecule has 0 aliphatic carbocycles. The second kappa shape index (κ2) is 9.22. The number of rotatable bonds is 6. The minimum absolute atomic E-state index is 0.0679. The van der Waals surface area contributed by atoms with E-state index >= 15 is 0 Å². The van der Waals surface area contributed by atoms with Gasteiger partial charge in [0, 0.05) is 28.0 Å². The SMILES string of the molecule is Cc1ccc(-n2cc(-c3ccccc3)c3c(SCC(=O)c4ccccc4)ncnc32)cc1Cl. The van der Waals surface area contributed by atoms with E-state index in [1.165, 1.54) is 11.8 Å². The summed E-state index contributed by atoms with van der Waals surface area (Å²) in [5.41, 5.74) is 5.49. The lowest BCUT2D eigenvalue weighted by Gasteiger charge is -2.07. The fourth-order valence-corrected chi connectivity index (χ4v) is 4.83. The van der Waals surface area contributed by atoms with Crippen molar-refractivity contribution in [3.63, 3.8) is 0 Å². The molecule has 0 unspecified atom stereocenters. The summed E-state index contributed by atoms with van der Waals surface area (Å²) in [6, 6.07) is 25.5. The van der Waals surface area contributed by atoms with Gasteiger partial charge in [0.2, 0.25) is 0 Å². The van der Waals surface area contributed by atoms with Gasteiger partial charge in [0.05, 0.1) is 11.1 Å². The summed E-state index contributed by atoms with van der Waals surface area (Å²) in [7, 11) is 0. The smallest absolute Gasteiger partial charge is 0.173 e. The second-order valence-corrected chi connectivity index (χ2v) is 9.04. The summed E-state index contributed by atoms with van der Waals surface area (Å²) < 4.78 is 2.04. The Bertz CT molecular complexity index is 1450. The van der Waals surface area contributed by atoms with Crippen molar-refractivity contribution in [2.75, 3.05) is 5.75 Å². The quantitative estimate of drug-likeness (QED) is 0.152. The largest absolute Gasteiger partial charge is 0.301 e. The molecule has 4 nitrogen and oxygen atoms in total. The average Bonchev–Trinajstić information content (AvgIpc) is 3.26. The van der Waals surface area contributed by atoms with Gasteiger partial charge in [-0.1, -0.05) is 90.1 Å². The maximum Gasteiger partial charge on any atom is 0.173 e. The first-order valence-electron chi connectivity index (χ1n) is 10.5. The Labute approximate surface area is 201 Å². The normalized spacial score (nSPS) is 11.1. The Balaban J connectivity index is 1.62. The topological polar surface area (TPSA) is 47.8 Å². The van der Waals surface area contributed by atoms with E-state index < -0.39 is 0 Å². The summed E-state index contributed by atoms with van der Waals surface area (Å²) in [6.07, 6.45) is 3.62. The highest BCUT2D eigenvalue weighted by Crippen LogP contribution is 2.37. The van der Waals surface area contributed by atoms with Gasteiger partial charge in [0.25, 0.3) is 0 Å². The molecule has 33 heavy (non-hydrogen) atoms. The number of nitrogens with zero attached hydrogens (tertiary/aromatic N) is 3. The van der Waals surface area contributed by atoms with E-state index in [9.17, 15) is 4.79 Å². The highest BCUT2D eigenvalue weighted by Gasteiger charge is 2.19. The van der Waals surface area contributed by atoms with Gasteiger partial charge in [-0.2, -0.15) is 0 Å². The van der Waals surface area contributed by atoms with Crippen molar-refractivity contribution in [1.29, 1.82) is 0 Å². The third kappa shape index (κ3) is 4.30. The van der Waals surface area contributed by atoms with E-state index in [0.29, 0.717) is 16.3 Å². The lowest BCUT2D eigenvalue weighted by molar-refractivity contribution is 0.102. The van der Waals surface area contributed by atoms with Crippen molar-refractivity contribution in [2.45, 2.75) is 11.9 Å². The number of ketones is 1. The number of aryl methyl sites for hydroxylation is 1. The van der Waals surface area contributed by atoms with Crippen LogP contribution in [0.25, 0.3) is 27.8 Å². The standard InChI is InChI=1S/C27H20ClN3OS/c1-18-12-13-21(14-23(18)28)31-15-22(19-8-4-2-5-9-19)25-26(31)29-17-30-27(25)33-16-24(32)20-10-6-3-7-11-20/h2-15,17H,16H2,1H3. The van der Waals surface area contributed by atoms with Crippen LogP contribution in [0.1, 0.15) is 15.9 Å². The molecule has 0 atom stereocenters. The van der Waals surface area contributed by atoms with Gasteiger partial charge in [-0.05, 0) is 30.2 Å². The number of fused-ring (bicyclic) bond motifs is 1. The molecule has 3 aromatic carbocycles. The Kier molecular flexibility index (Phi) is 5.99. The van der Waals surface area contributed by atoms with E-state index in [1.807, 2.05) is 78.2 Å². The molecule has 2 aromatic heterocycles. The number of hydrogen-bond acceptors (Lipinski definition) is 4. The van der Waals surface area contributed by atoms with Crippen LogP contribution in [0.2, 0.25) is 5.02 Å². The third-order valence-corrected chi connectivity index (χ3v) is 6.90. The first-order chi connectivity index (χ1) is 16.1. The zero-order chi connectivity index (χ0) is 22.8. The van der Waals surface area contributed by atoms with Crippen LogP contribution in [0.5, 0.6) is 0 Å². The Morgan fingerprint density at radius 2 is 1.70 bits per heavy atom. The van der Waals surface area contributed by atoms with Crippen LogP contribution in [0.15, 0.2) is 96.4 Å². The molecule has 0 N–H and O–H groups in total. The van der Waals surface area contributed by atoms with Crippen LogP contribution >= 0.6 is 23.4 Å². The molecule has 162 valence electrons. The molecule has 0 saturated carbocycles. The number of halogens is 1. The van der Waals surface area contributed by atoms with Crippen LogP contribution in [0.4, 0.5) is 0 Å². The molecule has 0 spiro atoms. The van der Waals surface area contributed by atoms with E-state index in [1.54, 1.807) is 6.33 Å². The fourth-order valence-electron chi connectivity index (χ4n) is 3.75. The predicted molar refractivity (Wildman–Crippen MR) is 136 cm³/mol. The monoisotopic (exact) mass is 469 g/mol. The number of carbonyl (C=O) groups is 1. The van der Waals surface area contributed by atoms with Crippen molar-refractivity contribution < 1.29 is 4.79 Å². The predicted octanol–water partition coefficient (Wildman–Crippen LogP) is 7.02. The number of benzene rings is 3. The molecule has 0 radical (unpaired) electrons. The zero-order valence-corrected chi connectivity index (χ0v) is 19.5. The average molecular weight is 470 g/mol. The lowest BCUT2D eigenvalue weighted by atomic mass is 10.1. The van der Waals surface area contributed by atoms with Crippen LogP contribution < -0.4 is 0 Å². The number of thioether (sulfide) groups is 1. The van der Waals surface area contributed by atoms with Crippen LogP contribution in [0, 0.1) is 6.92 Å². The van der Waals surface area contributed by atoms with Gasteiger partial charge >= 0.3 is 0 Å². The minimum atomic E-state index is 0.0679. The summed E-state index contributed by atoms with van der Waals surface area (Å²) in [4.78, 5) is 21.9. The highest BCUT2D eigenvalue weighted by molar-refractivity contribution is 8.00. The second-order valence-electron chi connectivity index (χ2n) is 7.67. The summed E-state index contributed by atoms with van der Waals surface area (Å²) >= 11 is 7.86. The van der Waals surface area contributed by atoms with Crippen molar-refractivity contribution in [3.05, 3.63) is 108 Å². The Morgan fingerprint density at radius 1 is 0.970 bits per heavy atom. The molecule has 6 heteroatoms. The van der Waals surface area contributed by atoms with E-state index in [2.05, 4.69) is 28.3 Å². The molecule has 5 rings (SSSR count). The van der Waals surface area contributed by atoms with E-state index in [-0.39, 0.29) is 5.78 Å². The number of Topliss-reactive ketones (excluding diaryl/α,β-unsaturated/α-hetero) is 1. The maximum absolute atomic E-state index is 12.7. The van der Waals surface area contributed by atoms with Crippen molar-refractivity contribution in [3.8, 4) is 16.8 Å².